The third-order valence-electron chi connectivity index (χ3n) is 5.48. The highest BCUT2D eigenvalue weighted by atomic mass is 16.5. The Labute approximate surface area is 169 Å². The first-order valence-corrected chi connectivity index (χ1v) is 9.90. The second kappa shape index (κ2) is 9.54. The van der Waals surface area contributed by atoms with Crippen LogP contribution in [-0.4, -0.2) is 55.4 Å². The van der Waals surface area contributed by atoms with Crippen molar-refractivity contribution in [1.82, 2.24) is 10.2 Å². The molecule has 156 valence electrons. The lowest BCUT2D eigenvalue weighted by atomic mass is 9.81. The third-order valence-corrected chi connectivity index (χ3v) is 5.48. The molecule has 3 amide bonds. The van der Waals surface area contributed by atoms with Crippen LogP contribution in [0, 0.1) is 11.8 Å². The van der Waals surface area contributed by atoms with Crippen LogP contribution in [0.1, 0.15) is 31.2 Å². The fourth-order valence-corrected chi connectivity index (χ4v) is 3.90. The van der Waals surface area contributed by atoms with E-state index in [1.54, 1.807) is 7.11 Å². The lowest BCUT2D eigenvalue weighted by Gasteiger charge is -2.19. The highest BCUT2D eigenvalue weighted by Crippen LogP contribution is 2.37. The summed E-state index contributed by atoms with van der Waals surface area (Å²) in [5.41, 5.74) is 1.04. The lowest BCUT2D eigenvalue weighted by molar-refractivity contribution is -0.154. The molecule has 1 N–H and O–H groups in total. The molecule has 8 nitrogen and oxygen atoms in total. The first kappa shape index (κ1) is 20.8. The molecule has 2 fully saturated rings. The normalized spacial score (nSPS) is 20.9. The highest BCUT2D eigenvalue weighted by Gasteiger charge is 2.48. The second-order valence-electron chi connectivity index (χ2n) is 7.37. The van der Waals surface area contributed by atoms with Crippen LogP contribution in [0.25, 0.3) is 0 Å². The Bertz CT molecular complexity index is 752. The minimum atomic E-state index is -0.754. The van der Waals surface area contributed by atoms with Crippen molar-refractivity contribution in [2.45, 2.75) is 32.1 Å². The van der Waals surface area contributed by atoms with Gasteiger partial charge >= 0.3 is 5.97 Å². The van der Waals surface area contributed by atoms with Crippen LogP contribution >= 0.6 is 0 Å². The molecule has 0 aromatic heterocycles. The van der Waals surface area contributed by atoms with Gasteiger partial charge in [0.1, 0.15) is 12.3 Å². The summed E-state index contributed by atoms with van der Waals surface area (Å²) < 4.78 is 10.0. The van der Waals surface area contributed by atoms with E-state index < -0.39 is 25.0 Å². The summed E-state index contributed by atoms with van der Waals surface area (Å²) in [5.74, 6) is -1.61. The van der Waals surface area contributed by atoms with E-state index in [1.165, 1.54) is 0 Å². The van der Waals surface area contributed by atoms with E-state index in [9.17, 15) is 19.2 Å². The molecule has 1 aromatic carbocycles. The van der Waals surface area contributed by atoms with Gasteiger partial charge < -0.3 is 14.8 Å². The Kier molecular flexibility index (Phi) is 6.85. The van der Waals surface area contributed by atoms with Gasteiger partial charge in [-0.1, -0.05) is 25.0 Å². The monoisotopic (exact) mass is 402 g/mol. The fraction of sp³-hybridized carbons (Fsp3) is 0.524. The standard InChI is InChI=1S/C21H26N2O6/c1-28-15-8-6-14(7-9-15)10-11-22-18(24)13-29-19(25)12-23-20(26)16-4-2-3-5-17(16)21(23)27/h6-9,16-17H,2-5,10-13H2,1H3,(H,22,24). The zero-order valence-electron chi connectivity index (χ0n) is 16.5. The van der Waals surface area contributed by atoms with Crippen LogP contribution in [0.4, 0.5) is 0 Å². The number of carbonyl (C=O) groups excluding carboxylic acids is 4. The highest BCUT2D eigenvalue weighted by molar-refractivity contribution is 6.07. The molecule has 0 spiro atoms. The SMILES string of the molecule is COc1ccc(CCNC(=O)COC(=O)CN2C(=O)C3CCCCC3C2=O)cc1. The Morgan fingerprint density at radius 1 is 1.07 bits per heavy atom. The van der Waals surface area contributed by atoms with E-state index in [-0.39, 0.29) is 23.7 Å². The number of fused-ring (bicyclic) bond motifs is 1. The van der Waals surface area contributed by atoms with Gasteiger partial charge in [0.05, 0.1) is 18.9 Å². The molecular formula is C21H26N2O6. The Balaban J connectivity index is 1.37. The van der Waals surface area contributed by atoms with Crippen molar-refractivity contribution in [2.24, 2.45) is 11.8 Å². The number of hydrogen-bond acceptors (Lipinski definition) is 6. The van der Waals surface area contributed by atoms with Crippen molar-refractivity contribution in [3.63, 3.8) is 0 Å². The van der Waals surface area contributed by atoms with Crippen molar-refractivity contribution in [3.05, 3.63) is 29.8 Å². The van der Waals surface area contributed by atoms with Crippen molar-refractivity contribution in [3.8, 4) is 5.75 Å². The van der Waals surface area contributed by atoms with Crippen LogP contribution in [0.3, 0.4) is 0 Å². The average molecular weight is 402 g/mol. The number of benzene rings is 1. The van der Waals surface area contributed by atoms with Gasteiger partial charge in [-0.25, -0.2) is 0 Å². The van der Waals surface area contributed by atoms with Gasteiger partial charge in [-0.15, -0.1) is 0 Å². The molecular weight excluding hydrogens is 376 g/mol. The zero-order valence-corrected chi connectivity index (χ0v) is 16.5. The summed E-state index contributed by atoms with van der Waals surface area (Å²) in [7, 11) is 1.60. The maximum absolute atomic E-state index is 12.4. The third kappa shape index (κ3) is 5.13. The van der Waals surface area contributed by atoms with Crippen LogP contribution in [0.15, 0.2) is 24.3 Å². The first-order chi connectivity index (χ1) is 14.0. The molecule has 0 bridgehead atoms. The smallest absolute Gasteiger partial charge is 0.326 e. The fourth-order valence-electron chi connectivity index (χ4n) is 3.90. The first-order valence-electron chi connectivity index (χ1n) is 9.90. The summed E-state index contributed by atoms with van der Waals surface area (Å²) in [6.45, 7) is -0.469. The predicted octanol–water partition coefficient (Wildman–Crippen LogP) is 1.07. The van der Waals surface area contributed by atoms with Crippen molar-refractivity contribution < 1.29 is 28.7 Å². The van der Waals surface area contributed by atoms with Gasteiger partial charge in [-0.05, 0) is 37.0 Å². The maximum atomic E-state index is 12.4. The number of amides is 3. The number of nitrogens with zero attached hydrogens (tertiary/aromatic N) is 1. The van der Waals surface area contributed by atoms with E-state index in [0.29, 0.717) is 25.8 Å². The topological polar surface area (TPSA) is 102 Å². The van der Waals surface area contributed by atoms with Crippen molar-refractivity contribution >= 4 is 23.7 Å². The molecule has 1 saturated heterocycles. The quantitative estimate of drug-likeness (QED) is 0.516. The van der Waals surface area contributed by atoms with Crippen LogP contribution in [0.2, 0.25) is 0 Å². The van der Waals surface area contributed by atoms with Gasteiger partial charge in [0.2, 0.25) is 11.8 Å². The van der Waals surface area contributed by atoms with Gasteiger partial charge in [-0.2, -0.15) is 0 Å². The number of rotatable bonds is 8. The summed E-state index contributed by atoms with van der Waals surface area (Å²) in [5, 5.41) is 2.67. The van der Waals surface area contributed by atoms with Gasteiger partial charge in [0.15, 0.2) is 6.61 Å². The molecule has 2 atom stereocenters. The number of ether oxygens (including phenoxy) is 2. The number of carbonyl (C=O) groups is 4. The zero-order chi connectivity index (χ0) is 20.8. The molecule has 0 radical (unpaired) electrons. The molecule has 29 heavy (non-hydrogen) atoms. The Morgan fingerprint density at radius 3 is 2.28 bits per heavy atom. The van der Waals surface area contributed by atoms with Gasteiger partial charge in [0.25, 0.3) is 5.91 Å². The summed E-state index contributed by atoms with van der Waals surface area (Å²) >= 11 is 0. The molecule has 8 heteroatoms. The van der Waals surface area contributed by atoms with Gasteiger partial charge in [-0.3, -0.25) is 24.1 Å². The Hall–Kier alpha value is -2.90. The number of likely N-dealkylation sites (tertiary alicyclic amines) is 1. The average Bonchev–Trinajstić information content (AvgIpc) is 2.98. The Morgan fingerprint density at radius 2 is 1.69 bits per heavy atom. The minimum absolute atomic E-state index is 0.291. The van der Waals surface area contributed by atoms with Crippen LogP contribution < -0.4 is 10.1 Å². The summed E-state index contributed by atoms with van der Waals surface area (Å²) in [6, 6.07) is 7.51. The van der Waals surface area contributed by atoms with Crippen LogP contribution in [0.5, 0.6) is 5.75 Å². The molecule has 3 rings (SSSR count). The van der Waals surface area contributed by atoms with E-state index in [2.05, 4.69) is 5.32 Å². The molecule has 2 aliphatic rings. The molecule has 1 saturated carbocycles. The van der Waals surface area contributed by atoms with Crippen LogP contribution in [-0.2, 0) is 30.3 Å². The van der Waals surface area contributed by atoms with Crippen molar-refractivity contribution in [2.75, 3.05) is 26.8 Å². The lowest BCUT2D eigenvalue weighted by Crippen LogP contribution is -2.38. The maximum Gasteiger partial charge on any atom is 0.326 e. The minimum Gasteiger partial charge on any atom is -0.497 e. The molecule has 1 heterocycles. The van der Waals surface area contributed by atoms with E-state index >= 15 is 0 Å². The summed E-state index contributed by atoms with van der Waals surface area (Å²) in [6.07, 6.45) is 3.86. The molecule has 1 aliphatic carbocycles. The number of nitrogens with one attached hydrogen (secondary N) is 1. The molecule has 1 aromatic rings. The largest absolute Gasteiger partial charge is 0.497 e. The molecule has 1 aliphatic heterocycles. The van der Waals surface area contributed by atoms with Crippen molar-refractivity contribution in [1.29, 1.82) is 0 Å². The number of methoxy groups -OCH3 is 1. The predicted molar refractivity (Wildman–Crippen MR) is 103 cm³/mol. The number of hydrogen-bond donors (Lipinski definition) is 1. The van der Waals surface area contributed by atoms with E-state index in [4.69, 9.17) is 9.47 Å². The van der Waals surface area contributed by atoms with E-state index in [1.807, 2.05) is 24.3 Å². The van der Waals surface area contributed by atoms with E-state index in [0.717, 1.165) is 29.1 Å². The number of esters is 1. The second-order valence-corrected chi connectivity index (χ2v) is 7.37. The summed E-state index contributed by atoms with van der Waals surface area (Å²) in [4.78, 5) is 49.5. The van der Waals surface area contributed by atoms with Gasteiger partial charge in [0, 0.05) is 6.54 Å². The number of imide groups is 1. The molecule has 2 unspecified atom stereocenters.